The van der Waals surface area contributed by atoms with Gasteiger partial charge in [0.25, 0.3) is 0 Å². The van der Waals surface area contributed by atoms with E-state index in [0.29, 0.717) is 11.5 Å². The van der Waals surface area contributed by atoms with Crippen LogP contribution in [0.5, 0.6) is 0 Å². The molecule has 0 spiro atoms. The van der Waals surface area contributed by atoms with Crippen LogP contribution in [0.2, 0.25) is 0 Å². The zero-order valence-electron chi connectivity index (χ0n) is 12.5. The predicted octanol–water partition coefficient (Wildman–Crippen LogP) is 3.61. The molecular formula is C16H31NO. The molecule has 106 valence electrons. The molecule has 0 radical (unpaired) electrons. The van der Waals surface area contributed by atoms with E-state index in [1.54, 1.807) is 0 Å². The molecule has 2 rings (SSSR count). The molecule has 1 heterocycles. The average molecular weight is 253 g/mol. The van der Waals surface area contributed by atoms with Gasteiger partial charge in [0.2, 0.25) is 0 Å². The molecule has 0 aromatic heterocycles. The maximum atomic E-state index is 5.52. The molecule has 1 aliphatic heterocycles. The van der Waals surface area contributed by atoms with Crippen molar-refractivity contribution in [2.24, 2.45) is 17.3 Å². The van der Waals surface area contributed by atoms with Gasteiger partial charge >= 0.3 is 0 Å². The third-order valence-corrected chi connectivity index (χ3v) is 4.93. The van der Waals surface area contributed by atoms with E-state index in [0.717, 1.165) is 25.0 Å². The Hall–Kier alpha value is -0.0800. The van der Waals surface area contributed by atoms with Crippen molar-refractivity contribution in [2.45, 2.75) is 65.3 Å². The van der Waals surface area contributed by atoms with Crippen molar-refractivity contribution in [1.29, 1.82) is 0 Å². The second-order valence-corrected chi connectivity index (χ2v) is 7.41. The van der Waals surface area contributed by atoms with E-state index in [9.17, 15) is 0 Å². The van der Waals surface area contributed by atoms with Crippen molar-refractivity contribution in [1.82, 2.24) is 5.32 Å². The summed E-state index contributed by atoms with van der Waals surface area (Å²) >= 11 is 0. The van der Waals surface area contributed by atoms with Gasteiger partial charge in [0.05, 0.1) is 6.61 Å². The summed E-state index contributed by atoms with van der Waals surface area (Å²) in [4.78, 5) is 0. The lowest BCUT2D eigenvalue weighted by Gasteiger charge is -2.37. The smallest absolute Gasteiger partial charge is 0.0619 e. The lowest BCUT2D eigenvalue weighted by atomic mass is 9.70. The molecular weight excluding hydrogens is 222 g/mol. The average Bonchev–Trinajstić information content (AvgIpc) is 2.37. The van der Waals surface area contributed by atoms with Crippen LogP contribution in [0.4, 0.5) is 0 Å². The van der Waals surface area contributed by atoms with Gasteiger partial charge in [-0.25, -0.2) is 0 Å². The number of rotatable bonds is 3. The van der Waals surface area contributed by atoms with Crippen LogP contribution in [-0.2, 0) is 4.74 Å². The molecule has 2 fully saturated rings. The zero-order valence-corrected chi connectivity index (χ0v) is 12.5. The lowest BCUT2D eigenvalue weighted by Crippen LogP contribution is -2.40. The van der Waals surface area contributed by atoms with Gasteiger partial charge in [-0.05, 0) is 62.3 Å². The van der Waals surface area contributed by atoms with E-state index in [4.69, 9.17) is 4.74 Å². The van der Waals surface area contributed by atoms with Gasteiger partial charge in [-0.3, -0.25) is 0 Å². The minimum absolute atomic E-state index is 0.510. The van der Waals surface area contributed by atoms with Crippen LogP contribution in [-0.4, -0.2) is 25.8 Å². The van der Waals surface area contributed by atoms with Gasteiger partial charge in [0.1, 0.15) is 0 Å². The van der Waals surface area contributed by atoms with Gasteiger partial charge in [0.15, 0.2) is 0 Å². The third-order valence-electron chi connectivity index (χ3n) is 4.93. The SMILES string of the molecule is CC(C)(C)C1CCC(CNC2CCCOC2)CC1. The van der Waals surface area contributed by atoms with E-state index in [2.05, 4.69) is 26.1 Å². The first-order valence-electron chi connectivity index (χ1n) is 7.87. The molecule has 2 heteroatoms. The van der Waals surface area contributed by atoms with Crippen molar-refractivity contribution in [3.8, 4) is 0 Å². The van der Waals surface area contributed by atoms with E-state index in [-0.39, 0.29) is 0 Å². The van der Waals surface area contributed by atoms with Crippen molar-refractivity contribution in [3.05, 3.63) is 0 Å². The summed E-state index contributed by atoms with van der Waals surface area (Å²) in [6.45, 7) is 10.3. The highest BCUT2D eigenvalue weighted by Gasteiger charge is 2.29. The number of nitrogens with one attached hydrogen (secondary N) is 1. The Morgan fingerprint density at radius 3 is 2.33 bits per heavy atom. The Bertz CT molecular complexity index is 232. The van der Waals surface area contributed by atoms with Crippen LogP contribution in [0.3, 0.4) is 0 Å². The fraction of sp³-hybridized carbons (Fsp3) is 1.00. The Balaban J connectivity index is 1.64. The zero-order chi connectivity index (χ0) is 13.0. The Labute approximate surface area is 113 Å². The molecule has 0 amide bonds. The first-order valence-corrected chi connectivity index (χ1v) is 7.87. The van der Waals surface area contributed by atoms with Crippen molar-refractivity contribution in [2.75, 3.05) is 19.8 Å². The largest absolute Gasteiger partial charge is 0.380 e. The molecule has 1 aliphatic carbocycles. The summed E-state index contributed by atoms with van der Waals surface area (Å²) in [5.41, 5.74) is 0.510. The van der Waals surface area contributed by atoms with Crippen molar-refractivity contribution in [3.63, 3.8) is 0 Å². The molecule has 1 N–H and O–H groups in total. The molecule has 0 bridgehead atoms. The predicted molar refractivity (Wildman–Crippen MR) is 76.7 cm³/mol. The van der Waals surface area contributed by atoms with Gasteiger partial charge in [-0.15, -0.1) is 0 Å². The van der Waals surface area contributed by atoms with E-state index in [1.165, 1.54) is 45.1 Å². The lowest BCUT2D eigenvalue weighted by molar-refractivity contribution is 0.0667. The highest BCUT2D eigenvalue weighted by molar-refractivity contribution is 4.82. The summed E-state index contributed by atoms with van der Waals surface area (Å²) in [5, 5.41) is 3.72. The number of hydrogen-bond donors (Lipinski definition) is 1. The quantitative estimate of drug-likeness (QED) is 0.829. The monoisotopic (exact) mass is 253 g/mol. The second kappa shape index (κ2) is 6.38. The minimum Gasteiger partial charge on any atom is -0.380 e. The van der Waals surface area contributed by atoms with Crippen LogP contribution in [0, 0.1) is 17.3 Å². The molecule has 0 aromatic rings. The van der Waals surface area contributed by atoms with Gasteiger partial charge < -0.3 is 10.1 Å². The van der Waals surface area contributed by atoms with Crippen molar-refractivity contribution < 1.29 is 4.74 Å². The summed E-state index contributed by atoms with van der Waals surface area (Å²) in [6, 6.07) is 0.624. The first-order chi connectivity index (χ1) is 8.55. The van der Waals surface area contributed by atoms with E-state index in [1.807, 2.05) is 0 Å². The Morgan fingerprint density at radius 1 is 1.06 bits per heavy atom. The van der Waals surface area contributed by atoms with Crippen LogP contribution in [0.15, 0.2) is 0 Å². The molecule has 18 heavy (non-hydrogen) atoms. The van der Waals surface area contributed by atoms with E-state index >= 15 is 0 Å². The maximum Gasteiger partial charge on any atom is 0.0619 e. The molecule has 2 nitrogen and oxygen atoms in total. The van der Waals surface area contributed by atoms with Gasteiger partial charge in [-0.2, -0.15) is 0 Å². The Kier molecular flexibility index (Phi) is 5.08. The number of ether oxygens (including phenoxy) is 1. The number of hydrogen-bond acceptors (Lipinski definition) is 2. The second-order valence-electron chi connectivity index (χ2n) is 7.41. The summed E-state index contributed by atoms with van der Waals surface area (Å²) in [7, 11) is 0. The Morgan fingerprint density at radius 2 is 1.78 bits per heavy atom. The summed E-state index contributed by atoms with van der Waals surface area (Å²) < 4.78 is 5.52. The van der Waals surface area contributed by atoms with E-state index < -0.39 is 0 Å². The van der Waals surface area contributed by atoms with Crippen LogP contribution in [0.25, 0.3) is 0 Å². The van der Waals surface area contributed by atoms with Crippen molar-refractivity contribution >= 4 is 0 Å². The van der Waals surface area contributed by atoms with Crippen LogP contribution < -0.4 is 5.32 Å². The first kappa shape index (κ1) is 14.3. The summed E-state index contributed by atoms with van der Waals surface area (Å²) in [5.74, 6) is 1.84. The normalized spacial score (nSPS) is 34.5. The van der Waals surface area contributed by atoms with Gasteiger partial charge in [0, 0.05) is 12.6 Å². The molecule has 0 aromatic carbocycles. The minimum atomic E-state index is 0.510. The standard InChI is InChI=1S/C16H31NO/c1-16(2,3)14-8-6-13(7-9-14)11-17-15-5-4-10-18-12-15/h13-15,17H,4-12H2,1-3H3. The highest BCUT2D eigenvalue weighted by Crippen LogP contribution is 2.39. The molecule has 1 atom stereocenters. The molecule has 1 saturated heterocycles. The third kappa shape index (κ3) is 4.24. The molecule has 2 aliphatic rings. The van der Waals surface area contributed by atoms with Crippen LogP contribution >= 0.6 is 0 Å². The fourth-order valence-electron chi connectivity index (χ4n) is 3.47. The maximum absolute atomic E-state index is 5.52. The van der Waals surface area contributed by atoms with Crippen LogP contribution in [0.1, 0.15) is 59.3 Å². The summed E-state index contributed by atoms with van der Waals surface area (Å²) in [6.07, 6.45) is 8.23. The van der Waals surface area contributed by atoms with Gasteiger partial charge in [-0.1, -0.05) is 20.8 Å². The highest BCUT2D eigenvalue weighted by atomic mass is 16.5. The molecule has 1 saturated carbocycles. The fourth-order valence-corrected chi connectivity index (χ4v) is 3.47. The topological polar surface area (TPSA) is 21.3 Å². The molecule has 1 unspecified atom stereocenters.